The van der Waals surface area contributed by atoms with Crippen LogP contribution in [0.15, 0.2) is 18.2 Å². The Morgan fingerprint density at radius 2 is 2.19 bits per heavy atom. The predicted octanol–water partition coefficient (Wildman–Crippen LogP) is 1.55. The molecule has 1 rings (SSSR count). The molecule has 4 heteroatoms. The first-order valence-electron chi connectivity index (χ1n) is 5.20. The second-order valence-corrected chi connectivity index (χ2v) is 3.98. The van der Waals surface area contributed by atoms with Crippen LogP contribution in [0.1, 0.15) is 22.8 Å². The van der Waals surface area contributed by atoms with Crippen LogP contribution < -0.4 is 5.73 Å². The second kappa shape index (κ2) is 5.07. The maximum Gasteiger partial charge on any atom is 0.256 e. The van der Waals surface area contributed by atoms with Crippen molar-refractivity contribution in [3.63, 3.8) is 0 Å². The number of nitrogens with zero attached hydrogens (tertiary/aromatic N) is 1. The number of likely N-dealkylation sites (N-methyl/N-ethyl adjacent to an activating group) is 1. The first kappa shape index (κ1) is 12.6. The highest BCUT2D eigenvalue weighted by Crippen LogP contribution is 2.13. The van der Waals surface area contributed by atoms with Crippen LogP contribution >= 0.6 is 0 Å². The van der Waals surface area contributed by atoms with Gasteiger partial charge in [-0.1, -0.05) is 6.07 Å². The van der Waals surface area contributed by atoms with Gasteiger partial charge < -0.3 is 10.6 Å². The third kappa shape index (κ3) is 2.58. The molecule has 0 aliphatic carbocycles. The van der Waals surface area contributed by atoms with Gasteiger partial charge in [-0.2, -0.15) is 0 Å². The van der Waals surface area contributed by atoms with E-state index in [2.05, 4.69) is 0 Å². The average molecular weight is 224 g/mol. The Bertz CT molecular complexity index is 393. The highest BCUT2D eigenvalue weighted by Gasteiger charge is 2.19. The van der Waals surface area contributed by atoms with Crippen LogP contribution in [-0.2, 0) is 0 Å². The minimum Gasteiger partial charge on any atom is -0.338 e. The molecule has 0 fully saturated rings. The van der Waals surface area contributed by atoms with Crippen molar-refractivity contribution >= 4 is 5.91 Å². The molecule has 1 amide bonds. The van der Waals surface area contributed by atoms with E-state index in [-0.39, 0.29) is 17.5 Å². The summed E-state index contributed by atoms with van der Waals surface area (Å²) in [4.78, 5) is 13.4. The smallest absolute Gasteiger partial charge is 0.256 e. The van der Waals surface area contributed by atoms with Crippen LogP contribution in [0.4, 0.5) is 4.39 Å². The summed E-state index contributed by atoms with van der Waals surface area (Å²) < 4.78 is 13.5. The number of hydrogen-bond donors (Lipinski definition) is 1. The van der Waals surface area contributed by atoms with Gasteiger partial charge in [-0.3, -0.25) is 4.79 Å². The van der Waals surface area contributed by atoms with E-state index in [4.69, 9.17) is 5.73 Å². The van der Waals surface area contributed by atoms with Crippen molar-refractivity contribution in [2.75, 3.05) is 13.6 Å². The van der Waals surface area contributed by atoms with Gasteiger partial charge >= 0.3 is 0 Å². The Labute approximate surface area is 95.0 Å². The van der Waals surface area contributed by atoms with Gasteiger partial charge in [0, 0.05) is 19.6 Å². The van der Waals surface area contributed by atoms with E-state index in [1.165, 1.54) is 17.0 Å². The lowest BCUT2D eigenvalue weighted by molar-refractivity contribution is 0.0743. The standard InChI is InChI=1S/C12H17FN2O/c1-8-4-5-10(11(13)6-8)12(16)15(3)9(2)7-14/h4-6,9H,7,14H2,1-3H3. The quantitative estimate of drug-likeness (QED) is 0.846. The molecular weight excluding hydrogens is 207 g/mol. The SMILES string of the molecule is Cc1ccc(C(=O)N(C)C(C)CN)c(F)c1. The molecule has 2 N–H and O–H groups in total. The fraction of sp³-hybridized carbons (Fsp3) is 0.417. The molecule has 16 heavy (non-hydrogen) atoms. The Morgan fingerprint density at radius 3 is 2.69 bits per heavy atom. The Hall–Kier alpha value is -1.42. The third-order valence-electron chi connectivity index (χ3n) is 2.68. The minimum atomic E-state index is -0.485. The number of benzene rings is 1. The molecule has 0 bridgehead atoms. The molecule has 1 aromatic rings. The van der Waals surface area contributed by atoms with Gasteiger partial charge in [0.25, 0.3) is 5.91 Å². The van der Waals surface area contributed by atoms with Crippen LogP contribution in [0.3, 0.4) is 0 Å². The summed E-state index contributed by atoms with van der Waals surface area (Å²) in [5.41, 5.74) is 6.35. The van der Waals surface area contributed by atoms with Crippen LogP contribution in [-0.4, -0.2) is 30.4 Å². The summed E-state index contributed by atoms with van der Waals surface area (Å²) in [6.07, 6.45) is 0. The summed E-state index contributed by atoms with van der Waals surface area (Å²) in [5.74, 6) is -0.823. The minimum absolute atomic E-state index is 0.0911. The first-order chi connectivity index (χ1) is 7.47. The Kier molecular flexibility index (Phi) is 4.01. The fourth-order valence-corrected chi connectivity index (χ4v) is 1.34. The van der Waals surface area contributed by atoms with E-state index >= 15 is 0 Å². The molecule has 0 radical (unpaired) electrons. The molecule has 1 atom stereocenters. The van der Waals surface area contributed by atoms with E-state index < -0.39 is 5.82 Å². The van der Waals surface area contributed by atoms with E-state index in [1.54, 1.807) is 20.0 Å². The molecule has 0 spiro atoms. The first-order valence-corrected chi connectivity index (χ1v) is 5.20. The molecule has 0 aromatic heterocycles. The topological polar surface area (TPSA) is 46.3 Å². The molecule has 88 valence electrons. The number of carbonyl (C=O) groups is 1. The largest absolute Gasteiger partial charge is 0.338 e. The van der Waals surface area contributed by atoms with Crippen molar-refractivity contribution < 1.29 is 9.18 Å². The second-order valence-electron chi connectivity index (χ2n) is 3.98. The zero-order chi connectivity index (χ0) is 12.3. The van der Waals surface area contributed by atoms with Crippen LogP contribution in [0, 0.1) is 12.7 Å². The van der Waals surface area contributed by atoms with Crippen LogP contribution in [0.2, 0.25) is 0 Å². The number of rotatable bonds is 3. The van der Waals surface area contributed by atoms with Gasteiger partial charge in [0.2, 0.25) is 0 Å². The number of aryl methyl sites for hydroxylation is 1. The van der Waals surface area contributed by atoms with Crippen molar-refractivity contribution in [3.8, 4) is 0 Å². The fourth-order valence-electron chi connectivity index (χ4n) is 1.34. The number of halogens is 1. The van der Waals surface area contributed by atoms with Gasteiger partial charge in [0.05, 0.1) is 5.56 Å². The molecule has 1 aromatic carbocycles. The van der Waals surface area contributed by atoms with Crippen molar-refractivity contribution in [2.24, 2.45) is 5.73 Å². The van der Waals surface area contributed by atoms with Crippen molar-refractivity contribution in [3.05, 3.63) is 35.1 Å². The average Bonchev–Trinajstić information content (AvgIpc) is 2.26. The monoisotopic (exact) mass is 224 g/mol. The Balaban J connectivity index is 2.96. The zero-order valence-electron chi connectivity index (χ0n) is 9.83. The number of hydrogen-bond acceptors (Lipinski definition) is 2. The lowest BCUT2D eigenvalue weighted by Gasteiger charge is -2.23. The normalized spacial score (nSPS) is 12.3. The summed E-state index contributed by atoms with van der Waals surface area (Å²) in [6.45, 7) is 3.96. The van der Waals surface area contributed by atoms with Gasteiger partial charge in [-0.15, -0.1) is 0 Å². The number of nitrogens with two attached hydrogens (primary N) is 1. The van der Waals surface area contributed by atoms with Crippen molar-refractivity contribution in [1.82, 2.24) is 4.90 Å². The zero-order valence-corrected chi connectivity index (χ0v) is 9.83. The highest BCUT2D eigenvalue weighted by atomic mass is 19.1. The molecule has 3 nitrogen and oxygen atoms in total. The summed E-state index contributed by atoms with van der Waals surface area (Å²) >= 11 is 0. The third-order valence-corrected chi connectivity index (χ3v) is 2.68. The van der Waals surface area contributed by atoms with Crippen molar-refractivity contribution in [1.29, 1.82) is 0 Å². The van der Waals surface area contributed by atoms with Crippen LogP contribution in [0.25, 0.3) is 0 Å². The number of carbonyl (C=O) groups excluding carboxylic acids is 1. The molecule has 0 aliphatic heterocycles. The van der Waals surface area contributed by atoms with Gasteiger partial charge in [-0.05, 0) is 31.5 Å². The summed E-state index contributed by atoms with van der Waals surface area (Å²) in [7, 11) is 1.62. The molecule has 0 saturated heterocycles. The maximum atomic E-state index is 13.5. The van der Waals surface area contributed by atoms with Gasteiger partial charge in [0.1, 0.15) is 5.82 Å². The molecule has 0 heterocycles. The lowest BCUT2D eigenvalue weighted by Crippen LogP contribution is -2.40. The highest BCUT2D eigenvalue weighted by molar-refractivity contribution is 5.94. The maximum absolute atomic E-state index is 13.5. The van der Waals surface area contributed by atoms with E-state index in [0.29, 0.717) is 6.54 Å². The predicted molar refractivity (Wildman–Crippen MR) is 61.7 cm³/mol. The van der Waals surface area contributed by atoms with Gasteiger partial charge in [-0.25, -0.2) is 4.39 Å². The molecular formula is C12H17FN2O. The molecule has 0 aliphatic rings. The van der Waals surface area contributed by atoms with E-state index in [1.807, 2.05) is 6.92 Å². The summed E-state index contributed by atoms with van der Waals surface area (Å²) in [6, 6.07) is 4.48. The molecule has 0 saturated carbocycles. The van der Waals surface area contributed by atoms with E-state index in [9.17, 15) is 9.18 Å². The van der Waals surface area contributed by atoms with Crippen molar-refractivity contribution in [2.45, 2.75) is 19.9 Å². The Morgan fingerprint density at radius 1 is 1.56 bits per heavy atom. The van der Waals surface area contributed by atoms with E-state index in [0.717, 1.165) is 5.56 Å². The van der Waals surface area contributed by atoms with Crippen LogP contribution in [0.5, 0.6) is 0 Å². The summed E-state index contributed by atoms with van der Waals surface area (Å²) in [5, 5.41) is 0. The number of amides is 1. The molecule has 1 unspecified atom stereocenters. The lowest BCUT2D eigenvalue weighted by atomic mass is 10.1. The van der Waals surface area contributed by atoms with Gasteiger partial charge in [0.15, 0.2) is 0 Å².